The Morgan fingerprint density at radius 1 is 1.36 bits per heavy atom. The van der Waals surface area contributed by atoms with Crippen LogP contribution < -0.4 is 20.5 Å². The number of aromatic nitrogens is 1. The smallest absolute Gasteiger partial charge is 0.252 e. The monoisotopic (exact) mass is 341 g/mol. The maximum absolute atomic E-state index is 11.8. The van der Waals surface area contributed by atoms with Crippen LogP contribution in [0.4, 0.5) is 0 Å². The number of amides is 1. The van der Waals surface area contributed by atoms with E-state index in [-0.39, 0.29) is 12.2 Å². The van der Waals surface area contributed by atoms with Crippen LogP contribution in [0.25, 0.3) is 10.8 Å². The van der Waals surface area contributed by atoms with Gasteiger partial charge >= 0.3 is 0 Å². The van der Waals surface area contributed by atoms with Gasteiger partial charge in [-0.15, -0.1) is 0 Å². The Kier molecular flexibility index (Phi) is 4.00. The number of carbonyl (C=O) groups excluding carboxylic acids is 1. The summed E-state index contributed by atoms with van der Waals surface area (Å²) in [5, 5.41) is 5.21. The number of piperidine rings is 1. The molecule has 2 heterocycles. The first kappa shape index (κ1) is 16.1. The average Bonchev–Trinajstić information content (AvgIpc) is 3.17. The second-order valence-electron chi connectivity index (χ2n) is 7.21. The molecule has 4 rings (SSSR count). The molecule has 2 fully saturated rings. The molecule has 132 valence electrons. The van der Waals surface area contributed by atoms with Crippen molar-refractivity contribution in [1.82, 2.24) is 10.3 Å². The van der Waals surface area contributed by atoms with Crippen LogP contribution in [0.3, 0.4) is 0 Å². The van der Waals surface area contributed by atoms with E-state index in [1.165, 1.54) is 6.42 Å². The third-order valence-corrected chi connectivity index (χ3v) is 5.02. The molecule has 1 saturated carbocycles. The standard InChI is InChI=1S/C19H23N3O3/c1-10(2)24-17-8-14-11(6-15(17)18(20)23)3-4-21-19(14)25-16-7-13-5-12(16)9-22-13/h3-4,6,8,10,12-13,16,22H,5,7,9H2,1-2H3,(H2,20,23)/t12-,13+,16-/m1/s1. The molecule has 6 heteroatoms. The van der Waals surface area contributed by atoms with Crippen LogP contribution in [0.15, 0.2) is 24.4 Å². The minimum atomic E-state index is -0.504. The lowest BCUT2D eigenvalue weighted by Crippen LogP contribution is -2.35. The van der Waals surface area contributed by atoms with E-state index >= 15 is 0 Å². The van der Waals surface area contributed by atoms with Crippen molar-refractivity contribution in [2.45, 2.75) is 44.9 Å². The Hall–Kier alpha value is -2.34. The van der Waals surface area contributed by atoms with Crippen LogP contribution in [-0.4, -0.2) is 35.7 Å². The number of nitrogens with one attached hydrogen (secondary N) is 1. The van der Waals surface area contributed by atoms with Gasteiger partial charge in [0.15, 0.2) is 0 Å². The molecule has 1 aliphatic heterocycles. The molecule has 2 aliphatic rings. The second-order valence-corrected chi connectivity index (χ2v) is 7.21. The highest BCUT2D eigenvalue weighted by atomic mass is 16.5. The SMILES string of the molecule is CC(C)Oc1cc2c(O[C@@H]3C[C@@H]4C[C@@H]3CN4)nccc2cc1C(N)=O. The summed E-state index contributed by atoms with van der Waals surface area (Å²) in [5.74, 6) is 1.11. The van der Waals surface area contributed by atoms with Crippen molar-refractivity contribution in [3.8, 4) is 11.6 Å². The second kappa shape index (κ2) is 6.19. The Morgan fingerprint density at radius 3 is 2.84 bits per heavy atom. The summed E-state index contributed by atoms with van der Waals surface area (Å²) < 4.78 is 12.1. The number of nitrogens with zero attached hydrogens (tertiary/aromatic N) is 1. The Balaban J connectivity index is 1.73. The minimum absolute atomic E-state index is 0.0618. The van der Waals surface area contributed by atoms with Gasteiger partial charge in [0.25, 0.3) is 5.91 Å². The third-order valence-electron chi connectivity index (χ3n) is 5.02. The normalized spacial score (nSPS) is 24.8. The van der Waals surface area contributed by atoms with Gasteiger partial charge < -0.3 is 20.5 Å². The number of pyridine rings is 1. The number of primary amides is 1. The molecule has 0 spiro atoms. The summed E-state index contributed by atoms with van der Waals surface area (Å²) in [4.78, 5) is 16.2. The summed E-state index contributed by atoms with van der Waals surface area (Å²) in [6.07, 6.45) is 4.01. The highest BCUT2D eigenvalue weighted by Gasteiger charge is 2.41. The summed E-state index contributed by atoms with van der Waals surface area (Å²) in [7, 11) is 0. The maximum atomic E-state index is 11.8. The topological polar surface area (TPSA) is 86.5 Å². The number of hydrogen-bond acceptors (Lipinski definition) is 5. The zero-order chi connectivity index (χ0) is 17.6. The van der Waals surface area contributed by atoms with Gasteiger partial charge in [-0.25, -0.2) is 4.98 Å². The maximum Gasteiger partial charge on any atom is 0.252 e. The largest absolute Gasteiger partial charge is 0.490 e. The van der Waals surface area contributed by atoms with Crippen LogP contribution in [-0.2, 0) is 0 Å². The van der Waals surface area contributed by atoms with Crippen molar-refractivity contribution < 1.29 is 14.3 Å². The van der Waals surface area contributed by atoms with E-state index in [0.717, 1.165) is 23.7 Å². The van der Waals surface area contributed by atoms with E-state index in [4.69, 9.17) is 15.2 Å². The molecule has 3 atom stereocenters. The summed E-state index contributed by atoms with van der Waals surface area (Å²) in [6.45, 7) is 4.84. The lowest BCUT2D eigenvalue weighted by Gasteiger charge is -2.24. The zero-order valence-corrected chi connectivity index (χ0v) is 14.5. The predicted octanol–water partition coefficient (Wildman–Crippen LogP) is 2.25. The van der Waals surface area contributed by atoms with Crippen LogP contribution in [0.5, 0.6) is 11.6 Å². The van der Waals surface area contributed by atoms with Gasteiger partial charge in [-0.05, 0) is 50.3 Å². The number of nitrogens with two attached hydrogens (primary N) is 1. The van der Waals surface area contributed by atoms with Gasteiger partial charge in [-0.1, -0.05) is 0 Å². The minimum Gasteiger partial charge on any atom is -0.490 e. The number of carbonyl (C=O) groups is 1. The average molecular weight is 341 g/mol. The summed E-state index contributed by atoms with van der Waals surface area (Å²) in [6, 6.07) is 6.00. The molecule has 2 bridgehead atoms. The Labute approximate surface area is 146 Å². The van der Waals surface area contributed by atoms with Crippen LogP contribution >= 0.6 is 0 Å². The summed E-state index contributed by atoms with van der Waals surface area (Å²) >= 11 is 0. The highest BCUT2D eigenvalue weighted by Crippen LogP contribution is 2.37. The van der Waals surface area contributed by atoms with Crippen LogP contribution in [0.2, 0.25) is 0 Å². The molecular formula is C19H23N3O3. The molecule has 1 saturated heterocycles. The molecule has 0 radical (unpaired) electrons. The molecule has 1 aromatic carbocycles. The van der Waals surface area contributed by atoms with E-state index < -0.39 is 5.91 Å². The number of ether oxygens (including phenoxy) is 2. The zero-order valence-electron chi connectivity index (χ0n) is 14.5. The van der Waals surface area contributed by atoms with Crippen molar-refractivity contribution in [2.75, 3.05) is 6.54 Å². The molecule has 25 heavy (non-hydrogen) atoms. The number of benzene rings is 1. The Bertz CT molecular complexity index is 821. The number of hydrogen-bond donors (Lipinski definition) is 2. The molecule has 1 aromatic heterocycles. The van der Waals surface area contributed by atoms with Gasteiger partial charge in [0.2, 0.25) is 5.88 Å². The molecule has 1 aliphatic carbocycles. The first-order valence-electron chi connectivity index (χ1n) is 8.80. The first-order valence-corrected chi connectivity index (χ1v) is 8.80. The van der Waals surface area contributed by atoms with Gasteiger partial charge in [-0.3, -0.25) is 4.79 Å². The van der Waals surface area contributed by atoms with Gasteiger partial charge in [-0.2, -0.15) is 0 Å². The Morgan fingerprint density at radius 2 is 2.20 bits per heavy atom. The molecule has 2 aromatic rings. The third kappa shape index (κ3) is 3.02. The van der Waals surface area contributed by atoms with Crippen molar-refractivity contribution in [3.05, 3.63) is 30.0 Å². The van der Waals surface area contributed by atoms with E-state index in [1.807, 2.05) is 26.0 Å². The van der Waals surface area contributed by atoms with Crippen LogP contribution in [0, 0.1) is 5.92 Å². The van der Waals surface area contributed by atoms with Crippen molar-refractivity contribution in [2.24, 2.45) is 11.7 Å². The van der Waals surface area contributed by atoms with E-state index in [1.54, 1.807) is 12.3 Å². The quantitative estimate of drug-likeness (QED) is 0.871. The molecule has 6 nitrogen and oxygen atoms in total. The van der Waals surface area contributed by atoms with Gasteiger partial charge in [0.1, 0.15) is 11.9 Å². The fourth-order valence-electron chi connectivity index (χ4n) is 3.89. The molecule has 1 amide bonds. The summed E-state index contributed by atoms with van der Waals surface area (Å²) in [5.41, 5.74) is 5.90. The fraction of sp³-hybridized carbons (Fsp3) is 0.474. The highest BCUT2D eigenvalue weighted by molar-refractivity contribution is 6.01. The van der Waals surface area contributed by atoms with Crippen molar-refractivity contribution >= 4 is 16.7 Å². The van der Waals surface area contributed by atoms with Crippen molar-refractivity contribution in [1.29, 1.82) is 0 Å². The molecular weight excluding hydrogens is 318 g/mol. The van der Waals surface area contributed by atoms with E-state index in [2.05, 4.69) is 10.3 Å². The lowest BCUT2D eigenvalue weighted by atomic mass is 10.1. The van der Waals surface area contributed by atoms with Crippen molar-refractivity contribution in [3.63, 3.8) is 0 Å². The van der Waals surface area contributed by atoms with Gasteiger partial charge in [0, 0.05) is 30.1 Å². The number of rotatable bonds is 5. The fourth-order valence-corrected chi connectivity index (χ4v) is 3.89. The number of fused-ring (bicyclic) bond motifs is 3. The van der Waals surface area contributed by atoms with E-state index in [0.29, 0.717) is 29.2 Å². The van der Waals surface area contributed by atoms with Gasteiger partial charge in [0.05, 0.1) is 11.7 Å². The first-order chi connectivity index (χ1) is 12.0. The lowest BCUT2D eigenvalue weighted by molar-refractivity contribution is 0.0994. The predicted molar refractivity (Wildman–Crippen MR) is 95.0 cm³/mol. The molecule has 3 N–H and O–H groups in total. The molecule has 0 unspecified atom stereocenters. The van der Waals surface area contributed by atoms with E-state index in [9.17, 15) is 4.79 Å². The van der Waals surface area contributed by atoms with Crippen LogP contribution in [0.1, 0.15) is 37.0 Å².